The van der Waals surface area contributed by atoms with Crippen molar-refractivity contribution in [2.24, 2.45) is 23.7 Å². The minimum absolute atomic E-state index is 0.664. The van der Waals surface area contributed by atoms with E-state index in [1.54, 1.807) is 0 Å². The second kappa shape index (κ2) is 3.94. The normalized spacial score (nSPS) is 39.8. The van der Waals surface area contributed by atoms with Crippen molar-refractivity contribution in [1.82, 2.24) is 9.97 Å². The number of aromatic nitrogens is 2. The van der Waals surface area contributed by atoms with Gasteiger partial charge in [-0.2, -0.15) is 0 Å². The lowest BCUT2D eigenvalue weighted by Crippen LogP contribution is -2.44. The van der Waals surface area contributed by atoms with Crippen molar-refractivity contribution in [2.45, 2.75) is 51.9 Å². The molecule has 4 bridgehead atoms. The summed E-state index contributed by atoms with van der Waals surface area (Å²) in [5.41, 5.74) is 8.48. The maximum atomic E-state index is 6.06. The van der Waals surface area contributed by atoms with Gasteiger partial charge < -0.3 is 5.73 Å². The van der Waals surface area contributed by atoms with Crippen LogP contribution in [0.25, 0.3) is 0 Å². The van der Waals surface area contributed by atoms with Crippen LogP contribution >= 0.6 is 0 Å². The van der Waals surface area contributed by atoms with Crippen molar-refractivity contribution in [3.63, 3.8) is 0 Å². The lowest BCUT2D eigenvalue weighted by molar-refractivity contribution is -0.00442. The van der Waals surface area contributed by atoms with Crippen LogP contribution in [0.5, 0.6) is 0 Å². The number of nitrogens with two attached hydrogens (primary N) is 1. The Bertz CT molecular complexity index is 495. The summed E-state index contributed by atoms with van der Waals surface area (Å²) in [5, 5.41) is 0. The average molecular weight is 257 g/mol. The molecule has 4 saturated carbocycles. The molecule has 19 heavy (non-hydrogen) atoms. The van der Waals surface area contributed by atoms with Crippen molar-refractivity contribution in [1.29, 1.82) is 0 Å². The molecule has 0 aromatic carbocycles. The van der Waals surface area contributed by atoms with E-state index in [0.29, 0.717) is 11.7 Å². The van der Waals surface area contributed by atoms with Gasteiger partial charge in [0, 0.05) is 11.5 Å². The minimum atomic E-state index is 0.664. The van der Waals surface area contributed by atoms with Gasteiger partial charge in [0.25, 0.3) is 0 Å². The fourth-order valence-electron chi connectivity index (χ4n) is 5.37. The Hall–Kier alpha value is -1.12. The Morgan fingerprint density at radius 1 is 0.895 bits per heavy atom. The van der Waals surface area contributed by atoms with Crippen LogP contribution in [0, 0.1) is 37.5 Å². The van der Waals surface area contributed by atoms with Crippen LogP contribution in [0.4, 0.5) is 5.82 Å². The molecule has 3 heteroatoms. The molecule has 1 aromatic rings. The van der Waals surface area contributed by atoms with Gasteiger partial charge in [-0.25, -0.2) is 9.97 Å². The predicted molar refractivity (Wildman–Crippen MR) is 75.7 cm³/mol. The molecule has 4 aliphatic carbocycles. The number of hydrogen-bond acceptors (Lipinski definition) is 3. The number of aryl methyl sites for hydroxylation is 1. The molecule has 2 N–H and O–H groups in total. The monoisotopic (exact) mass is 257 g/mol. The van der Waals surface area contributed by atoms with E-state index in [0.717, 1.165) is 35.1 Å². The Morgan fingerprint density at radius 3 is 2.05 bits per heavy atom. The molecule has 0 atom stereocenters. The quantitative estimate of drug-likeness (QED) is 0.840. The Morgan fingerprint density at radius 2 is 1.47 bits per heavy atom. The van der Waals surface area contributed by atoms with Crippen molar-refractivity contribution in [2.75, 3.05) is 5.73 Å². The van der Waals surface area contributed by atoms with Crippen LogP contribution in [0.3, 0.4) is 0 Å². The fourth-order valence-corrected chi connectivity index (χ4v) is 5.37. The number of nitrogens with zero attached hydrogens (tertiary/aromatic N) is 2. The van der Waals surface area contributed by atoms with Gasteiger partial charge in [-0.1, -0.05) is 0 Å². The van der Waals surface area contributed by atoms with Crippen molar-refractivity contribution in [3.05, 3.63) is 17.1 Å². The summed E-state index contributed by atoms with van der Waals surface area (Å²) < 4.78 is 0. The summed E-state index contributed by atoms with van der Waals surface area (Å²) in [6.07, 6.45) is 7.23. The van der Waals surface area contributed by atoms with Gasteiger partial charge in [-0.15, -0.1) is 0 Å². The largest absolute Gasteiger partial charge is 0.383 e. The molecule has 0 saturated heterocycles. The van der Waals surface area contributed by atoms with Gasteiger partial charge in [0.2, 0.25) is 0 Å². The number of hydrogen-bond donors (Lipinski definition) is 1. The van der Waals surface area contributed by atoms with E-state index in [1.807, 2.05) is 6.92 Å². The van der Waals surface area contributed by atoms with E-state index >= 15 is 0 Å². The highest BCUT2D eigenvalue weighted by molar-refractivity contribution is 5.43. The van der Waals surface area contributed by atoms with Gasteiger partial charge in [-0.3, -0.25) is 0 Å². The smallest absolute Gasteiger partial charge is 0.130 e. The number of rotatable bonds is 1. The van der Waals surface area contributed by atoms with Crippen molar-refractivity contribution < 1.29 is 0 Å². The Labute approximate surface area is 115 Å². The summed E-state index contributed by atoms with van der Waals surface area (Å²) in [4.78, 5) is 9.10. The maximum absolute atomic E-state index is 6.06. The standard InChI is InChI=1S/C16H23N3/c1-8-15(18-9(2)19-16(8)17)14-12-4-10-3-11(6-12)7-13(14)5-10/h10-14H,3-7H2,1-2H3,(H2,17,18,19). The molecule has 0 aliphatic heterocycles. The first-order valence-electron chi connectivity index (χ1n) is 7.72. The molecular formula is C16H23N3. The van der Waals surface area contributed by atoms with Crippen molar-refractivity contribution >= 4 is 5.82 Å². The third kappa shape index (κ3) is 1.70. The molecule has 5 rings (SSSR count). The SMILES string of the molecule is Cc1nc(N)c(C)c(C2C3CC4CC(C3)CC2C4)n1. The van der Waals surface area contributed by atoms with Crippen molar-refractivity contribution in [3.8, 4) is 0 Å². The topological polar surface area (TPSA) is 51.8 Å². The molecule has 1 aromatic heterocycles. The molecular weight excluding hydrogens is 234 g/mol. The summed E-state index contributed by atoms with van der Waals surface area (Å²) >= 11 is 0. The molecule has 0 spiro atoms. The van der Waals surface area contributed by atoms with Gasteiger partial charge in [0.1, 0.15) is 11.6 Å². The molecule has 0 radical (unpaired) electrons. The average Bonchev–Trinajstić information content (AvgIpc) is 2.33. The number of nitrogen functional groups attached to an aromatic ring is 1. The summed E-state index contributed by atoms with van der Waals surface area (Å²) in [5.74, 6) is 5.95. The van der Waals surface area contributed by atoms with E-state index in [2.05, 4.69) is 11.9 Å². The molecule has 0 amide bonds. The summed E-state index contributed by atoms with van der Waals surface area (Å²) in [6, 6.07) is 0. The number of anilines is 1. The summed E-state index contributed by atoms with van der Waals surface area (Å²) in [6.45, 7) is 4.07. The zero-order valence-electron chi connectivity index (χ0n) is 11.9. The molecule has 3 nitrogen and oxygen atoms in total. The molecule has 4 fully saturated rings. The summed E-state index contributed by atoms with van der Waals surface area (Å²) in [7, 11) is 0. The van der Waals surface area contributed by atoms with Crippen LogP contribution in [0.1, 0.15) is 55.1 Å². The zero-order valence-corrected chi connectivity index (χ0v) is 11.9. The third-order valence-corrected chi connectivity index (χ3v) is 5.88. The third-order valence-electron chi connectivity index (χ3n) is 5.88. The van der Waals surface area contributed by atoms with Crippen LogP contribution in [0.2, 0.25) is 0 Å². The van der Waals surface area contributed by atoms with Crippen LogP contribution in [-0.2, 0) is 0 Å². The van der Waals surface area contributed by atoms with Crippen LogP contribution < -0.4 is 5.73 Å². The van der Waals surface area contributed by atoms with E-state index in [-0.39, 0.29) is 0 Å². The van der Waals surface area contributed by atoms with E-state index in [1.165, 1.54) is 37.8 Å². The Kier molecular flexibility index (Phi) is 2.42. The maximum Gasteiger partial charge on any atom is 0.130 e. The van der Waals surface area contributed by atoms with Crippen LogP contribution in [0.15, 0.2) is 0 Å². The van der Waals surface area contributed by atoms with Gasteiger partial charge in [-0.05, 0) is 69.6 Å². The molecule has 0 unspecified atom stereocenters. The second-order valence-electron chi connectivity index (χ2n) is 7.12. The first-order chi connectivity index (χ1) is 9.11. The fraction of sp³-hybridized carbons (Fsp3) is 0.750. The molecule has 4 aliphatic rings. The van der Waals surface area contributed by atoms with Gasteiger partial charge >= 0.3 is 0 Å². The minimum Gasteiger partial charge on any atom is -0.383 e. The van der Waals surface area contributed by atoms with Gasteiger partial charge in [0.05, 0.1) is 5.69 Å². The molecule has 1 heterocycles. The predicted octanol–water partition coefficient (Wildman–Crippen LogP) is 3.22. The molecule has 102 valence electrons. The first-order valence-corrected chi connectivity index (χ1v) is 7.72. The van der Waals surface area contributed by atoms with E-state index in [9.17, 15) is 0 Å². The highest BCUT2D eigenvalue weighted by Crippen LogP contribution is 2.59. The zero-order chi connectivity index (χ0) is 13.1. The van der Waals surface area contributed by atoms with Crippen LogP contribution in [-0.4, -0.2) is 9.97 Å². The second-order valence-corrected chi connectivity index (χ2v) is 7.12. The van der Waals surface area contributed by atoms with E-state index < -0.39 is 0 Å². The lowest BCUT2D eigenvalue weighted by Gasteiger charge is -2.54. The lowest BCUT2D eigenvalue weighted by atomic mass is 9.51. The van der Waals surface area contributed by atoms with E-state index in [4.69, 9.17) is 10.7 Å². The van der Waals surface area contributed by atoms with Gasteiger partial charge in [0.15, 0.2) is 0 Å². The highest BCUT2D eigenvalue weighted by Gasteiger charge is 2.49. The first kappa shape index (κ1) is 11.7. The highest BCUT2D eigenvalue weighted by atomic mass is 15.0. The Balaban J connectivity index is 1.77.